The number of nitrogens with two attached hydrogens (primary N) is 1. The Bertz CT molecular complexity index is 1440. The number of nitriles is 1. The monoisotopic (exact) mass is 553 g/mol. The molecule has 0 bridgehead atoms. The van der Waals surface area contributed by atoms with Crippen LogP contribution in [-0.2, 0) is 9.53 Å². The molecule has 1 amide bonds. The summed E-state index contributed by atoms with van der Waals surface area (Å²) in [6.07, 6.45) is 1.64. The molecule has 0 radical (unpaired) electrons. The van der Waals surface area contributed by atoms with E-state index in [1.807, 2.05) is 0 Å². The number of piperidine rings is 1. The first-order chi connectivity index (χ1) is 18.4. The first-order valence-electron chi connectivity index (χ1n) is 12.5. The van der Waals surface area contributed by atoms with Crippen LogP contribution in [0.4, 0.5) is 8.78 Å². The molecule has 1 aliphatic heterocycles. The second kappa shape index (κ2) is 11.5. The minimum atomic E-state index is -0.712. The van der Waals surface area contributed by atoms with E-state index >= 15 is 4.39 Å². The van der Waals surface area contributed by atoms with Crippen molar-refractivity contribution in [1.29, 1.82) is 5.26 Å². The molecule has 204 valence electrons. The van der Waals surface area contributed by atoms with Gasteiger partial charge in [-0.1, -0.05) is 6.07 Å². The van der Waals surface area contributed by atoms with Gasteiger partial charge in [-0.3, -0.25) is 4.79 Å². The Labute approximate surface area is 229 Å². The van der Waals surface area contributed by atoms with Gasteiger partial charge >= 0.3 is 5.97 Å². The Hall–Kier alpha value is -3.81. The van der Waals surface area contributed by atoms with Crippen molar-refractivity contribution >= 4 is 23.2 Å². The number of halogens is 2. The number of rotatable bonds is 6. The van der Waals surface area contributed by atoms with E-state index in [9.17, 15) is 14.0 Å². The number of benzene rings is 2. The molecule has 1 saturated heterocycles. The minimum Gasteiger partial charge on any atom is -0.479 e. The summed E-state index contributed by atoms with van der Waals surface area (Å²) in [5.41, 5.74) is 6.67. The number of hydrogen-bond acceptors (Lipinski definition) is 7. The number of thiophene rings is 1. The average Bonchev–Trinajstić information content (AvgIpc) is 3.32. The van der Waals surface area contributed by atoms with Crippen molar-refractivity contribution in [3.8, 4) is 33.4 Å². The first-order valence-corrected chi connectivity index (χ1v) is 13.3. The number of nitrogens with zero attached hydrogens (tertiary/aromatic N) is 2. The maximum Gasteiger partial charge on any atom is 0.344 e. The van der Waals surface area contributed by atoms with Crippen molar-refractivity contribution in [1.82, 2.24) is 4.90 Å². The van der Waals surface area contributed by atoms with E-state index in [0.717, 1.165) is 24.2 Å². The van der Waals surface area contributed by atoms with Crippen LogP contribution in [0.15, 0.2) is 42.5 Å². The Morgan fingerprint density at radius 2 is 1.85 bits per heavy atom. The summed E-state index contributed by atoms with van der Waals surface area (Å²) in [7, 11) is 0. The summed E-state index contributed by atoms with van der Waals surface area (Å²) in [6, 6.07) is 11.8. The van der Waals surface area contributed by atoms with Crippen molar-refractivity contribution in [3.63, 3.8) is 0 Å². The number of carbonyl (C=O) groups excluding carboxylic acids is 2. The van der Waals surface area contributed by atoms with Gasteiger partial charge in [0.05, 0.1) is 10.4 Å². The van der Waals surface area contributed by atoms with Gasteiger partial charge in [-0.05, 0) is 81.1 Å². The molecule has 3 aromatic rings. The third kappa shape index (κ3) is 6.80. The highest BCUT2D eigenvalue weighted by atomic mass is 32.1. The topological polar surface area (TPSA) is 106 Å². The minimum absolute atomic E-state index is 0.100. The summed E-state index contributed by atoms with van der Waals surface area (Å²) >= 11 is 1.16. The lowest BCUT2D eigenvalue weighted by Gasteiger charge is -2.30. The van der Waals surface area contributed by atoms with Crippen LogP contribution in [-0.4, -0.2) is 48.1 Å². The Balaban J connectivity index is 1.68. The molecule has 0 saturated carbocycles. The zero-order valence-corrected chi connectivity index (χ0v) is 22.7. The molecular formula is C29H29F2N3O4S. The summed E-state index contributed by atoms with van der Waals surface area (Å²) in [5, 5.41) is 9.11. The number of likely N-dealkylation sites (tertiary alicyclic amines) is 1. The fourth-order valence-electron chi connectivity index (χ4n) is 4.32. The van der Waals surface area contributed by atoms with Crippen molar-refractivity contribution in [2.24, 2.45) is 5.73 Å². The molecule has 2 N–H and O–H groups in total. The van der Waals surface area contributed by atoms with E-state index in [4.69, 9.17) is 20.5 Å². The molecular weight excluding hydrogens is 524 g/mol. The molecule has 10 heteroatoms. The third-order valence-corrected chi connectivity index (χ3v) is 7.22. The van der Waals surface area contributed by atoms with Crippen LogP contribution in [0.5, 0.6) is 5.75 Å². The smallest absolute Gasteiger partial charge is 0.344 e. The van der Waals surface area contributed by atoms with Gasteiger partial charge < -0.3 is 20.1 Å². The molecule has 39 heavy (non-hydrogen) atoms. The maximum absolute atomic E-state index is 15.1. The fraction of sp³-hybridized carbons (Fsp3) is 0.345. The maximum atomic E-state index is 15.1. The van der Waals surface area contributed by atoms with E-state index in [1.54, 1.807) is 49.9 Å². The second-order valence-electron chi connectivity index (χ2n) is 10.3. The highest BCUT2D eigenvalue weighted by Crippen LogP contribution is 2.41. The van der Waals surface area contributed by atoms with Crippen molar-refractivity contribution in [3.05, 3.63) is 64.5 Å². The first kappa shape index (κ1) is 28.2. The van der Waals surface area contributed by atoms with Crippen molar-refractivity contribution < 1.29 is 27.8 Å². The van der Waals surface area contributed by atoms with Gasteiger partial charge in [0, 0.05) is 29.6 Å². The van der Waals surface area contributed by atoms with E-state index in [2.05, 4.69) is 0 Å². The molecule has 1 atom stereocenters. The molecule has 1 aromatic heterocycles. The normalized spacial score (nSPS) is 15.5. The van der Waals surface area contributed by atoms with Gasteiger partial charge in [0.1, 0.15) is 17.5 Å². The van der Waals surface area contributed by atoms with Gasteiger partial charge in [-0.15, -0.1) is 11.3 Å². The van der Waals surface area contributed by atoms with E-state index in [-0.39, 0.29) is 23.3 Å². The lowest BCUT2D eigenvalue weighted by Crippen LogP contribution is -2.45. The van der Waals surface area contributed by atoms with Crippen LogP contribution < -0.4 is 10.5 Å². The summed E-state index contributed by atoms with van der Waals surface area (Å²) < 4.78 is 40.1. The van der Waals surface area contributed by atoms with Crippen molar-refractivity contribution in [2.75, 3.05) is 19.7 Å². The zero-order valence-electron chi connectivity index (χ0n) is 21.9. The van der Waals surface area contributed by atoms with Gasteiger partial charge in [0.2, 0.25) is 0 Å². The highest BCUT2D eigenvalue weighted by Gasteiger charge is 2.26. The zero-order chi connectivity index (χ0) is 28.3. The van der Waals surface area contributed by atoms with Gasteiger partial charge in [0.25, 0.3) is 5.91 Å². The second-order valence-corrected chi connectivity index (χ2v) is 11.4. The van der Waals surface area contributed by atoms with E-state index < -0.39 is 29.8 Å². The van der Waals surface area contributed by atoms with Gasteiger partial charge in [-0.2, -0.15) is 5.26 Å². The lowest BCUT2D eigenvalue weighted by atomic mass is 10.0. The molecule has 2 heterocycles. The van der Waals surface area contributed by atoms with Crippen LogP contribution >= 0.6 is 11.3 Å². The quantitative estimate of drug-likeness (QED) is 0.403. The van der Waals surface area contributed by atoms with Gasteiger partial charge in [0.15, 0.2) is 18.2 Å². The summed E-state index contributed by atoms with van der Waals surface area (Å²) in [5.74, 6) is -2.37. The van der Waals surface area contributed by atoms with Crippen LogP contribution in [0.1, 0.15) is 48.8 Å². The number of hydrogen-bond donors (Lipinski definition) is 1. The van der Waals surface area contributed by atoms with Crippen LogP contribution in [0, 0.1) is 23.0 Å². The van der Waals surface area contributed by atoms with Gasteiger partial charge in [-0.25, -0.2) is 13.6 Å². The van der Waals surface area contributed by atoms with Crippen molar-refractivity contribution in [2.45, 2.75) is 45.3 Å². The van der Waals surface area contributed by atoms with E-state index in [0.29, 0.717) is 39.5 Å². The summed E-state index contributed by atoms with van der Waals surface area (Å²) in [4.78, 5) is 27.9. The van der Waals surface area contributed by atoms with Crippen LogP contribution in [0.3, 0.4) is 0 Å². The number of amides is 1. The molecule has 1 fully saturated rings. The molecule has 2 aromatic carbocycles. The average molecular weight is 554 g/mol. The molecule has 7 nitrogen and oxygen atoms in total. The number of esters is 1. The van der Waals surface area contributed by atoms with Crippen LogP contribution in [0.2, 0.25) is 0 Å². The Morgan fingerprint density at radius 3 is 2.49 bits per heavy atom. The van der Waals surface area contributed by atoms with Crippen LogP contribution in [0.25, 0.3) is 21.6 Å². The molecule has 4 rings (SSSR count). The SMILES string of the molecule is CC(C)(C)OC(=O)COc1ccc(-c2sc(C(=O)N3CCC[C@@H](N)C3)cc2-c2ccc(C#N)c(F)c2)cc1F. The Morgan fingerprint density at radius 1 is 1.13 bits per heavy atom. The number of carbonyl (C=O) groups is 2. The predicted molar refractivity (Wildman–Crippen MR) is 144 cm³/mol. The molecule has 0 unspecified atom stereocenters. The molecule has 0 spiro atoms. The standard InChI is InChI=1S/C29H29F2N3O4S/c1-29(2,3)38-26(35)16-37-24-9-8-18(12-23(24)31)27-21(17-6-7-19(14-32)22(30)11-17)13-25(39-27)28(36)34-10-4-5-20(33)15-34/h6-9,11-13,20H,4-5,10,15-16,33H2,1-3H3/t20-/m1/s1. The fourth-order valence-corrected chi connectivity index (χ4v) is 5.46. The lowest BCUT2D eigenvalue weighted by molar-refractivity contribution is -0.157. The third-order valence-electron chi connectivity index (χ3n) is 6.05. The van der Waals surface area contributed by atoms with E-state index in [1.165, 1.54) is 24.3 Å². The molecule has 1 aliphatic rings. The largest absolute Gasteiger partial charge is 0.479 e. The molecule has 0 aliphatic carbocycles. The highest BCUT2D eigenvalue weighted by molar-refractivity contribution is 7.18. The number of ether oxygens (including phenoxy) is 2. The summed E-state index contributed by atoms with van der Waals surface area (Å²) in [6.45, 7) is 5.72. The Kier molecular flexibility index (Phi) is 8.33. The predicted octanol–water partition coefficient (Wildman–Crippen LogP) is 5.52.